The number of hydrogen-bond acceptors (Lipinski definition) is 2. The maximum atomic E-state index is 14.2. The number of fused-ring (bicyclic) bond motifs is 1. The Morgan fingerprint density at radius 1 is 0.967 bits per heavy atom. The Morgan fingerprint density at radius 2 is 1.77 bits per heavy atom. The average molecular weight is 439 g/mol. The Labute approximate surface area is 171 Å². The molecule has 0 spiro atoms. The van der Waals surface area contributed by atoms with Crippen molar-refractivity contribution in [3.8, 4) is 16.9 Å². The van der Waals surface area contributed by atoms with Gasteiger partial charge in [-0.1, -0.05) is 12.1 Å². The fourth-order valence-corrected chi connectivity index (χ4v) is 4.40. The Morgan fingerprint density at radius 3 is 2.50 bits per heavy atom. The SMILES string of the molecule is O=S(c1cccc(C(F)(F)F)c1)N1CCOc2ccc(-c3ccc(F)cc3F)cc21. The van der Waals surface area contributed by atoms with Gasteiger partial charge in [0.25, 0.3) is 0 Å². The highest BCUT2D eigenvalue weighted by Crippen LogP contribution is 2.38. The minimum absolute atomic E-state index is 0.0176. The maximum absolute atomic E-state index is 14.2. The number of anilines is 1. The molecule has 0 aromatic heterocycles. The van der Waals surface area contributed by atoms with Crippen LogP contribution in [0.3, 0.4) is 0 Å². The summed E-state index contributed by atoms with van der Waals surface area (Å²) >= 11 is 0. The minimum atomic E-state index is -4.56. The molecule has 4 rings (SSSR count). The molecule has 1 atom stereocenters. The monoisotopic (exact) mass is 439 g/mol. The van der Waals surface area contributed by atoms with Crippen LogP contribution < -0.4 is 9.04 Å². The molecule has 1 unspecified atom stereocenters. The van der Waals surface area contributed by atoms with Gasteiger partial charge < -0.3 is 4.74 Å². The van der Waals surface area contributed by atoms with Gasteiger partial charge in [-0.2, -0.15) is 13.2 Å². The Balaban J connectivity index is 1.74. The molecule has 1 heterocycles. The van der Waals surface area contributed by atoms with Gasteiger partial charge in [-0.05, 0) is 48.0 Å². The van der Waals surface area contributed by atoms with Crippen LogP contribution in [0.1, 0.15) is 5.56 Å². The van der Waals surface area contributed by atoms with Crippen molar-refractivity contribution >= 4 is 16.7 Å². The molecule has 0 fully saturated rings. The first-order valence-corrected chi connectivity index (χ1v) is 9.94. The third-order valence-electron chi connectivity index (χ3n) is 4.58. The molecule has 3 aromatic carbocycles. The van der Waals surface area contributed by atoms with Crippen molar-refractivity contribution in [2.24, 2.45) is 0 Å². The Hall–Kier alpha value is -2.94. The van der Waals surface area contributed by atoms with Crippen molar-refractivity contribution in [1.82, 2.24) is 0 Å². The number of ether oxygens (including phenoxy) is 1. The molecule has 0 saturated carbocycles. The van der Waals surface area contributed by atoms with Gasteiger partial charge in [0.05, 0.1) is 22.7 Å². The second kappa shape index (κ2) is 7.71. The molecular weight excluding hydrogens is 425 g/mol. The molecule has 9 heteroatoms. The lowest BCUT2D eigenvalue weighted by atomic mass is 10.0. The van der Waals surface area contributed by atoms with E-state index in [9.17, 15) is 26.2 Å². The number of nitrogens with zero attached hydrogens (tertiary/aromatic N) is 1. The molecule has 0 N–H and O–H groups in total. The highest BCUT2D eigenvalue weighted by molar-refractivity contribution is 7.86. The molecular formula is C21H14F5NO2S. The Kier molecular flexibility index (Phi) is 5.23. The van der Waals surface area contributed by atoms with Crippen LogP contribution in [0.4, 0.5) is 27.6 Å². The van der Waals surface area contributed by atoms with Crippen molar-refractivity contribution in [1.29, 1.82) is 0 Å². The van der Waals surface area contributed by atoms with E-state index in [4.69, 9.17) is 4.74 Å². The van der Waals surface area contributed by atoms with E-state index >= 15 is 0 Å². The molecule has 1 aliphatic rings. The summed E-state index contributed by atoms with van der Waals surface area (Å²) in [5.41, 5.74) is -0.0282. The summed E-state index contributed by atoms with van der Waals surface area (Å²) in [5.74, 6) is -1.12. The van der Waals surface area contributed by atoms with Gasteiger partial charge in [0, 0.05) is 11.6 Å². The van der Waals surface area contributed by atoms with Crippen LogP contribution >= 0.6 is 0 Å². The minimum Gasteiger partial charge on any atom is -0.489 e. The fourth-order valence-electron chi connectivity index (χ4n) is 3.16. The number of alkyl halides is 3. The lowest BCUT2D eigenvalue weighted by Gasteiger charge is -2.30. The van der Waals surface area contributed by atoms with E-state index in [1.54, 1.807) is 12.1 Å². The van der Waals surface area contributed by atoms with Crippen molar-refractivity contribution in [2.45, 2.75) is 11.1 Å². The van der Waals surface area contributed by atoms with E-state index in [-0.39, 0.29) is 23.6 Å². The predicted molar refractivity (Wildman–Crippen MR) is 102 cm³/mol. The lowest BCUT2D eigenvalue weighted by Crippen LogP contribution is -2.34. The van der Waals surface area contributed by atoms with Gasteiger partial charge in [0.2, 0.25) is 0 Å². The van der Waals surface area contributed by atoms with E-state index in [2.05, 4.69) is 0 Å². The van der Waals surface area contributed by atoms with Crippen molar-refractivity contribution < 1.29 is 30.9 Å². The van der Waals surface area contributed by atoms with E-state index in [0.29, 0.717) is 17.0 Å². The van der Waals surface area contributed by atoms with Gasteiger partial charge in [-0.15, -0.1) is 0 Å². The van der Waals surface area contributed by atoms with Crippen LogP contribution in [0.25, 0.3) is 11.1 Å². The van der Waals surface area contributed by atoms with Gasteiger partial charge in [0.1, 0.15) is 24.0 Å². The number of halogens is 5. The maximum Gasteiger partial charge on any atom is 0.416 e. The number of benzene rings is 3. The van der Waals surface area contributed by atoms with E-state index in [1.807, 2.05) is 0 Å². The first-order chi connectivity index (χ1) is 14.2. The fraction of sp³-hybridized carbons (Fsp3) is 0.143. The third-order valence-corrected chi connectivity index (χ3v) is 6.02. The van der Waals surface area contributed by atoms with E-state index < -0.39 is 34.4 Å². The Bertz CT molecular complexity index is 1130. The van der Waals surface area contributed by atoms with Crippen molar-refractivity contribution in [3.63, 3.8) is 0 Å². The third kappa shape index (κ3) is 3.89. The van der Waals surface area contributed by atoms with Gasteiger partial charge in [-0.25, -0.2) is 13.0 Å². The van der Waals surface area contributed by atoms with Crippen molar-refractivity contribution in [3.05, 3.63) is 77.9 Å². The quantitative estimate of drug-likeness (QED) is 0.500. The summed E-state index contributed by atoms with van der Waals surface area (Å²) in [6, 6.07) is 12.1. The molecule has 0 bridgehead atoms. The zero-order valence-corrected chi connectivity index (χ0v) is 16.1. The largest absolute Gasteiger partial charge is 0.489 e. The van der Waals surface area contributed by atoms with Gasteiger partial charge in [0.15, 0.2) is 11.0 Å². The molecule has 0 aliphatic carbocycles. The molecule has 3 nitrogen and oxygen atoms in total. The highest BCUT2D eigenvalue weighted by Gasteiger charge is 2.32. The molecule has 1 aliphatic heterocycles. The second-order valence-corrected chi connectivity index (χ2v) is 7.94. The van der Waals surface area contributed by atoms with Crippen LogP contribution in [0.2, 0.25) is 0 Å². The molecule has 156 valence electrons. The standard InChI is InChI=1S/C21H14F5NO2S/c22-15-5-6-17(18(23)12-15)13-4-7-20-19(10-13)27(8-9-29-20)30(28)16-3-1-2-14(11-16)21(24,25)26/h1-7,10-12H,8-9H2. The predicted octanol–water partition coefficient (Wildman–Crippen LogP) is 5.57. The van der Waals surface area contributed by atoms with Crippen LogP contribution in [0.15, 0.2) is 65.6 Å². The second-order valence-electron chi connectivity index (χ2n) is 6.53. The summed E-state index contributed by atoms with van der Waals surface area (Å²) in [7, 11) is -1.95. The van der Waals surface area contributed by atoms with Crippen LogP contribution in [-0.2, 0) is 17.2 Å². The summed E-state index contributed by atoms with van der Waals surface area (Å²) < 4.78 is 86.5. The average Bonchev–Trinajstić information content (AvgIpc) is 2.72. The number of hydrogen-bond donors (Lipinski definition) is 0. The van der Waals surface area contributed by atoms with Crippen LogP contribution in [-0.4, -0.2) is 17.4 Å². The summed E-state index contributed by atoms with van der Waals surface area (Å²) in [6.45, 7) is 0.340. The normalized spacial score (nSPS) is 14.8. The van der Waals surface area contributed by atoms with E-state index in [1.165, 1.54) is 28.6 Å². The first-order valence-electron chi connectivity index (χ1n) is 8.83. The molecule has 0 saturated heterocycles. The zero-order valence-electron chi connectivity index (χ0n) is 15.2. The zero-order chi connectivity index (χ0) is 21.5. The van der Waals surface area contributed by atoms with Crippen LogP contribution in [0.5, 0.6) is 5.75 Å². The molecule has 0 amide bonds. The topological polar surface area (TPSA) is 29.5 Å². The summed E-state index contributed by atoms with van der Waals surface area (Å²) in [4.78, 5) is -0.0176. The smallest absolute Gasteiger partial charge is 0.416 e. The van der Waals surface area contributed by atoms with Gasteiger partial charge >= 0.3 is 6.18 Å². The molecule has 3 aromatic rings. The lowest BCUT2D eigenvalue weighted by molar-refractivity contribution is -0.137. The molecule has 30 heavy (non-hydrogen) atoms. The summed E-state index contributed by atoms with van der Waals surface area (Å²) in [5, 5.41) is 0. The first kappa shape index (κ1) is 20.3. The van der Waals surface area contributed by atoms with Crippen molar-refractivity contribution in [2.75, 3.05) is 17.5 Å². The number of rotatable bonds is 3. The summed E-state index contributed by atoms with van der Waals surface area (Å²) in [6.07, 6.45) is -4.56. The van der Waals surface area contributed by atoms with Crippen LogP contribution in [0, 0.1) is 11.6 Å². The van der Waals surface area contributed by atoms with E-state index in [0.717, 1.165) is 24.3 Å². The molecule has 0 radical (unpaired) electrons. The van der Waals surface area contributed by atoms with Gasteiger partial charge in [-0.3, -0.25) is 4.31 Å². The highest BCUT2D eigenvalue weighted by atomic mass is 32.2.